The summed E-state index contributed by atoms with van der Waals surface area (Å²) in [5.41, 5.74) is 4.33. The van der Waals surface area contributed by atoms with Crippen molar-refractivity contribution in [2.24, 2.45) is 0 Å². The second-order valence-corrected chi connectivity index (χ2v) is 3.60. The molecule has 1 N–H and O–H groups in total. The first-order valence-corrected chi connectivity index (χ1v) is 4.62. The number of hydrogen-bond donors (Lipinski definition) is 1. The summed E-state index contributed by atoms with van der Waals surface area (Å²) in [6, 6.07) is 6.71. The Hall–Kier alpha value is -0.980. The molecule has 0 amide bonds. The van der Waals surface area contributed by atoms with E-state index in [1.165, 1.54) is 24.1 Å². The third-order valence-electron chi connectivity index (χ3n) is 2.81. The smallest absolute Gasteiger partial charge is 0.0340 e. The molecule has 0 fully saturated rings. The van der Waals surface area contributed by atoms with Crippen molar-refractivity contribution in [1.29, 1.82) is 0 Å². The van der Waals surface area contributed by atoms with Crippen LogP contribution >= 0.6 is 0 Å². The highest BCUT2D eigenvalue weighted by atomic mass is 14.8. The van der Waals surface area contributed by atoms with Crippen molar-refractivity contribution >= 4 is 5.69 Å². The third kappa shape index (κ3) is 1.09. The number of nitrogens with one attached hydrogen (secondary N) is 1. The molecule has 0 spiro atoms. The fourth-order valence-corrected chi connectivity index (χ4v) is 1.99. The topological polar surface area (TPSA) is 12.0 Å². The fraction of sp³-hybridized carbons (Fsp3) is 0.455. The lowest BCUT2D eigenvalue weighted by molar-refractivity contribution is 0.747. The van der Waals surface area contributed by atoms with Crippen LogP contribution < -0.4 is 5.32 Å². The largest absolute Gasteiger partial charge is 0.388 e. The van der Waals surface area contributed by atoms with Gasteiger partial charge in [-0.25, -0.2) is 0 Å². The van der Waals surface area contributed by atoms with Gasteiger partial charge in [0.25, 0.3) is 0 Å². The number of aryl methyl sites for hydroxylation is 1. The van der Waals surface area contributed by atoms with Gasteiger partial charge in [-0.3, -0.25) is 0 Å². The van der Waals surface area contributed by atoms with Crippen molar-refractivity contribution in [3.63, 3.8) is 0 Å². The Morgan fingerprint density at radius 1 is 1.42 bits per heavy atom. The Morgan fingerprint density at radius 3 is 3.00 bits per heavy atom. The van der Waals surface area contributed by atoms with E-state index >= 15 is 0 Å². The number of rotatable bonds is 1. The van der Waals surface area contributed by atoms with Crippen LogP contribution in [0.25, 0.3) is 0 Å². The van der Waals surface area contributed by atoms with Gasteiger partial charge in [0.15, 0.2) is 0 Å². The first kappa shape index (κ1) is 7.66. The van der Waals surface area contributed by atoms with Crippen LogP contribution in [0, 0.1) is 0 Å². The SMILES string of the molecule is CNc1ccc2c(c1)CCC2C. The molecule has 0 aliphatic heterocycles. The summed E-state index contributed by atoms with van der Waals surface area (Å²) in [6.45, 7) is 2.31. The third-order valence-corrected chi connectivity index (χ3v) is 2.81. The highest BCUT2D eigenvalue weighted by molar-refractivity contribution is 5.50. The maximum atomic E-state index is 3.17. The normalized spacial score (nSPS) is 20.7. The summed E-state index contributed by atoms with van der Waals surface area (Å²) in [5, 5.41) is 3.17. The molecule has 1 atom stereocenters. The molecule has 1 nitrogen and oxygen atoms in total. The molecule has 2 rings (SSSR count). The second-order valence-electron chi connectivity index (χ2n) is 3.60. The zero-order valence-electron chi connectivity index (χ0n) is 7.72. The summed E-state index contributed by atoms with van der Waals surface area (Å²) in [4.78, 5) is 0. The summed E-state index contributed by atoms with van der Waals surface area (Å²) in [6.07, 6.45) is 2.58. The predicted molar refractivity (Wildman–Crippen MR) is 52.7 cm³/mol. The van der Waals surface area contributed by atoms with Gasteiger partial charge in [0.2, 0.25) is 0 Å². The van der Waals surface area contributed by atoms with Crippen LogP contribution in [0.4, 0.5) is 5.69 Å². The van der Waals surface area contributed by atoms with Crippen molar-refractivity contribution in [3.05, 3.63) is 29.3 Å². The van der Waals surface area contributed by atoms with Crippen LogP contribution in [-0.4, -0.2) is 7.05 Å². The summed E-state index contributed by atoms with van der Waals surface area (Å²) >= 11 is 0. The molecule has 1 aliphatic carbocycles. The first-order valence-electron chi connectivity index (χ1n) is 4.62. The molecule has 0 radical (unpaired) electrons. The lowest BCUT2D eigenvalue weighted by Crippen LogP contribution is -1.91. The molecule has 64 valence electrons. The average molecular weight is 161 g/mol. The predicted octanol–water partition coefficient (Wildman–Crippen LogP) is 2.78. The minimum atomic E-state index is 0.769. The van der Waals surface area contributed by atoms with E-state index in [0.29, 0.717) is 0 Å². The Bertz CT molecular complexity index is 291. The lowest BCUT2D eigenvalue weighted by atomic mass is 10.0. The Balaban J connectivity index is 2.41. The van der Waals surface area contributed by atoms with Gasteiger partial charge in [-0.05, 0) is 42.0 Å². The Kier molecular flexibility index (Phi) is 1.80. The molecule has 1 aliphatic rings. The molecule has 1 unspecified atom stereocenters. The van der Waals surface area contributed by atoms with E-state index in [9.17, 15) is 0 Å². The van der Waals surface area contributed by atoms with Gasteiger partial charge in [0, 0.05) is 12.7 Å². The highest BCUT2D eigenvalue weighted by Crippen LogP contribution is 2.33. The molecule has 0 aromatic heterocycles. The van der Waals surface area contributed by atoms with Crippen molar-refractivity contribution in [3.8, 4) is 0 Å². The van der Waals surface area contributed by atoms with Gasteiger partial charge in [0.1, 0.15) is 0 Å². The molecular weight excluding hydrogens is 146 g/mol. The standard InChI is InChI=1S/C11H15N/c1-8-3-4-9-7-10(12-2)5-6-11(8)9/h5-8,12H,3-4H2,1-2H3. The van der Waals surface area contributed by atoms with Crippen LogP contribution in [0.3, 0.4) is 0 Å². The van der Waals surface area contributed by atoms with Crippen molar-refractivity contribution in [1.82, 2.24) is 0 Å². The monoisotopic (exact) mass is 161 g/mol. The maximum Gasteiger partial charge on any atom is 0.0340 e. The van der Waals surface area contributed by atoms with Gasteiger partial charge in [-0.15, -0.1) is 0 Å². The van der Waals surface area contributed by atoms with Gasteiger partial charge in [-0.1, -0.05) is 13.0 Å². The van der Waals surface area contributed by atoms with Crippen molar-refractivity contribution in [2.45, 2.75) is 25.7 Å². The molecule has 1 aromatic rings. The minimum Gasteiger partial charge on any atom is -0.388 e. The summed E-state index contributed by atoms with van der Waals surface area (Å²) < 4.78 is 0. The van der Waals surface area contributed by atoms with Crippen LogP contribution in [0.2, 0.25) is 0 Å². The Morgan fingerprint density at radius 2 is 2.25 bits per heavy atom. The van der Waals surface area contributed by atoms with E-state index < -0.39 is 0 Å². The zero-order chi connectivity index (χ0) is 8.55. The second kappa shape index (κ2) is 2.81. The molecule has 0 bridgehead atoms. The zero-order valence-corrected chi connectivity index (χ0v) is 7.72. The van der Waals surface area contributed by atoms with Gasteiger partial charge < -0.3 is 5.32 Å². The first-order chi connectivity index (χ1) is 5.81. The van der Waals surface area contributed by atoms with Gasteiger partial charge in [-0.2, -0.15) is 0 Å². The van der Waals surface area contributed by atoms with E-state index in [1.807, 2.05) is 7.05 Å². The number of anilines is 1. The van der Waals surface area contributed by atoms with E-state index in [4.69, 9.17) is 0 Å². The maximum absolute atomic E-state index is 3.17. The van der Waals surface area contributed by atoms with Crippen LogP contribution in [0.5, 0.6) is 0 Å². The van der Waals surface area contributed by atoms with Gasteiger partial charge >= 0.3 is 0 Å². The van der Waals surface area contributed by atoms with Crippen LogP contribution in [-0.2, 0) is 6.42 Å². The van der Waals surface area contributed by atoms with Crippen molar-refractivity contribution < 1.29 is 0 Å². The number of fused-ring (bicyclic) bond motifs is 1. The molecule has 0 saturated heterocycles. The van der Waals surface area contributed by atoms with Crippen molar-refractivity contribution in [2.75, 3.05) is 12.4 Å². The molecular formula is C11H15N. The Labute approximate surface area is 73.8 Å². The van der Waals surface area contributed by atoms with Crippen LogP contribution in [0.15, 0.2) is 18.2 Å². The molecule has 0 heterocycles. The molecule has 1 heteroatoms. The summed E-state index contributed by atoms with van der Waals surface area (Å²) in [7, 11) is 1.97. The molecule has 1 aromatic carbocycles. The fourth-order valence-electron chi connectivity index (χ4n) is 1.99. The lowest BCUT2D eigenvalue weighted by Gasteiger charge is -2.06. The molecule has 12 heavy (non-hydrogen) atoms. The van der Waals surface area contributed by atoms with Crippen LogP contribution in [0.1, 0.15) is 30.4 Å². The van der Waals surface area contributed by atoms with E-state index in [0.717, 1.165) is 5.92 Å². The number of benzene rings is 1. The van der Waals surface area contributed by atoms with Gasteiger partial charge in [0.05, 0.1) is 0 Å². The number of hydrogen-bond acceptors (Lipinski definition) is 1. The van der Waals surface area contributed by atoms with E-state index in [1.54, 1.807) is 5.56 Å². The molecule has 0 saturated carbocycles. The quantitative estimate of drug-likeness (QED) is 0.667. The average Bonchev–Trinajstić information content (AvgIpc) is 2.47. The summed E-state index contributed by atoms with van der Waals surface area (Å²) in [5.74, 6) is 0.769. The van der Waals surface area contributed by atoms with E-state index in [2.05, 4.69) is 30.4 Å². The highest BCUT2D eigenvalue weighted by Gasteiger charge is 2.17. The minimum absolute atomic E-state index is 0.769. The van der Waals surface area contributed by atoms with E-state index in [-0.39, 0.29) is 0 Å².